The zero-order chi connectivity index (χ0) is 25.0. The quantitative estimate of drug-likeness (QED) is 0.529. The van der Waals surface area contributed by atoms with Gasteiger partial charge in [-0.15, -0.1) is 0 Å². The minimum atomic E-state index is -3.09. The van der Waals surface area contributed by atoms with Crippen molar-refractivity contribution in [2.24, 2.45) is 5.41 Å². The molecule has 1 saturated heterocycles. The molecular weight excluding hydrogens is 450 g/mol. The zero-order valence-corrected chi connectivity index (χ0v) is 20.7. The molecule has 1 fully saturated rings. The molecule has 5 rings (SSSR count). The smallest absolute Gasteiger partial charge is 0.274 e. The van der Waals surface area contributed by atoms with E-state index in [4.69, 9.17) is 9.51 Å². The Hall–Kier alpha value is -3.20. The maximum atomic E-state index is 14.6. The number of rotatable bonds is 5. The molecule has 0 amide bonds. The van der Waals surface area contributed by atoms with Crippen LogP contribution < -0.4 is 10.6 Å². The van der Waals surface area contributed by atoms with Crippen molar-refractivity contribution in [3.63, 3.8) is 0 Å². The molecule has 0 saturated carbocycles. The lowest BCUT2D eigenvalue weighted by molar-refractivity contribution is 0.0165. The third kappa shape index (κ3) is 4.57. The number of nitrogens with one attached hydrogen (secondary N) is 2. The van der Waals surface area contributed by atoms with Gasteiger partial charge in [0.05, 0.1) is 33.9 Å². The van der Waals surface area contributed by atoms with Crippen LogP contribution in [0.2, 0.25) is 0 Å². The summed E-state index contributed by atoms with van der Waals surface area (Å²) in [7, 11) is 0. The lowest BCUT2D eigenvalue weighted by Gasteiger charge is -2.36. The summed E-state index contributed by atoms with van der Waals surface area (Å²) in [4.78, 5) is 13.7. The summed E-state index contributed by atoms with van der Waals surface area (Å²) in [5, 5.41) is 10.8. The fraction of sp³-hybridized carbons (Fsp3) is 0.462. The van der Waals surface area contributed by atoms with Crippen LogP contribution in [0.1, 0.15) is 61.2 Å². The molecule has 1 atom stereocenters. The van der Waals surface area contributed by atoms with Crippen LogP contribution in [-0.2, 0) is 12.3 Å². The Labute approximate surface area is 203 Å². The van der Waals surface area contributed by atoms with E-state index in [1.165, 1.54) is 6.20 Å². The minimum absolute atomic E-state index is 0.115. The number of allylic oxidation sites excluding steroid dienone is 1. The van der Waals surface area contributed by atoms with Gasteiger partial charge < -0.3 is 15.2 Å². The number of pyridine rings is 1. The van der Waals surface area contributed by atoms with E-state index in [0.29, 0.717) is 23.7 Å². The predicted octanol–water partition coefficient (Wildman–Crippen LogP) is 5.04. The topological polar surface area (TPSA) is 88.8 Å². The van der Waals surface area contributed by atoms with E-state index < -0.39 is 5.92 Å². The number of nitrogens with zero attached hydrogens (tertiary/aromatic N) is 4. The van der Waals surface area contributed by atoms with Crippen LogP contribution in [0, 0.1) is 19.3 Å². The average Bonchev–Trinajstić information content (AvgIpc) is 3.34. The fourth-order valence-electron chi connectivity index (χ4n) is 5.08. The van der Waals surface area contributed by atoms with Crippen LogP contribution >= 0.6 is 0 Å². The highest BCUT2D eigenvalue weighted by molar-refractivity contribution is 5.85. The van der Waals surface area contributed by atoms with Gasteiger partial charge in [0.2, 0.25) is 5.95 Å². The van der Waals surface area contributed by atoms with Crippen molar-refractivity contribution in [1.82, 2.24) is 25.4 Å². The SMILES string of the molecule is Cc1noc(C)c1-c1ccc2c(n1)CC=C2c1nc(N[C@@H]2CNCC(C)(C)C2)ncc1C(C)(F)F. The van der Waals surface area contributed by atoms with Gasteiger partial charge in [0, 0.05) is 49.8 Å². The molecule has 0 radical (unpaired) electrons. The Morgan fingerprint density at radius 3 is 2.69 bits per heavy atom. The van der Waals surface area contributed by atoms with Crippen molar-refractivity contribution in [1.29, 1.82) is 0 Å². The Morgan fingerprint density at radius 2 is 2.00 bits per heavy atom. The second kappa shape index (κ2) is 8.48. The highest BCUT2D eigenvalue weighted by atomic mass is 19.3. The molecule has 0 unspecified atom stereocenters. The number of piperidine rings is 1. The molecule has 0 bridgehead atoms. The Morgan fingerprint density at radius 1 is 1.20 bits per heavy atom. The average molecular weight is 481 g/mol. The van der Waals surface area contributed by atoms with Gasteiger partial charge in [-0.2, -0.15) is 0 Å². The first-order valence-corrected chi connectivity index (χ1v) is 11.9. The normalized spacial score (nSPS) is 19.4. The van der Waals surface area contributed by atoms with Crippen molar-refractivity contribution in [3.8, 4) is 11.3 Å². The van der Waals surface area contributed by atoms with E-state index in [1.807, 2.05) is 32.1 Å². The molecule has 184 valence electrons. The second-order valence-electron chi connectivity index (χ2n) is 10.4. The van der Waals surface area contributed by atoms with Crippen LogP contribution in [0.4, 0.5) is 14.7 Å². The summed E-state index contributed by atoms with van der Waals surface area (Å²) in [5.41, 5.74) is 4.83. The zero-order valence-electron chi connectivity index (χ0n) is 20.7. The molecule has 0 spiro atoms. The summed E-state index contributed by atoms with van der Waals surface area (Å²) in [6.07, 6.45) is 4.63. The summed E-state index contributed by atoms with van der Waals surface area (Å²) >= 11 is 0. The number of hydrogen-bond donors (Lipinski definition) is 2. The predicted molar refractivity (Wildman–Crippen MR) is 130 cm³/mol. The number of anilines is 1. The first-order valence-electron chi connectivity index (χ1n) is 11.9. The number of hydrogen-bond acceptors (Lipinski definition) is 7. The standard InChI is InChI=1S/C26H30F2N6O/c1-14-22(15(2)35-34-14)21-9-6-17-18(7-8-20(17)32-21)23-19(26(5,27)28)12-30-24(33-23)31-16-10-25(3,4)13-29-11-16/h6-7,9,12,16,29H,8,10-11,13H2,1-5H3,(H,30,31,33)/t16-/m0/s1. The molecule has 35 heavy (non-hydrogen) atoms. The van der Waals surface area contributed by atoms with E-state index in [1.54, 1.807) is 0 Å². The van der Waals surface area contributed by atoms with E-state index in [0.717, 1.165) is 54.6 Å². The van der Waals surface area contributed by atoms with Gasteiger partial charge in [-0.05, 0) is 31.7 Å². The van der Waals surface area contributed by atoms with E-state index in [2.05, 4.69) is 39.6 Å². The molecule has 3 aromatic rings. The number of aromatic nitrogens is 4. The van der Waals surface area contributed by atoms with Gasteiger partial charge in [-0.25, -0.2) is 18.7 Å². The molecule has 1 aliphatic heterocycles. The fourth-order valence-corrected chi connectivity index (χ4v) is 5.08. The second-order valence-corrected chi connectivity index (χ2v) is 10.4. The van der Waals surface area contributed by atoms with Crippen molar-refractivity contribution in [2.45, 2.75) is 59.4 Å². The number of aryl methyl sites for hydroxylation is 2. The number of fused-ring (bicyclic) bond motifs is 1. The van der Waals surface area contributed by atoms with Crippen LogP contribution in [-0.4, -0.2) is 39.2 Å². The van der Waals surface area contributed by atoms with Gasteiger partial charge in [-0.3, -0.25) is 4.98 Å². The molecular formula is C26H30F2N6O. The summed E-state index contributed by atoms with van der Waals surface area (Å²) in [5.74, 6) is -2.04. The molecule has 1 aliphatic carbocycles. The summed E-state index contributed by atoms with van der Waals surface area (Å²) < 4.78 is 34.5. The van der Waals surface area contributed by atoms with E-state index >= 15 is 0 Å². The monoisotopic (exact) mass is 480 g/mol. The number of halogens is 2. The molecule has 3 aromatic heterocycles. The van der Waals surface area contributed by atoms with Crippen LogP contribution in [0.25, 0.3) is 16.8 Å². The molecule has 2 N–H and O–H groups in total. The largest absolute Gasteiger partial charge is 0.361 e. The van der Waals surface area contributed by atoms with Gasteiger partial charge in [0.1, 0.15) is 5.76 Å². The third-order valence-corrected chi connectivity index (χ3v) is 6.70. The highest BCUT2D eigenvalue weighted by Crippen LogP contribution is 2.39. The van der Waals surface area contributed by atoms with Crippen molar-refractivity contribution in [2.75, 3.05) is 18.4 Å². The number of alkyl halides is 2. The lowest BCUT2D eigenvalue weighted by Crippen LogP contribution is -2.47. The maximum absolute atomic E-state index is 14.6. The molecule has 0 aromatic carbocycles. The maximum Gasteiger partial charge on any atom is 0.274 e. The first kappa shape index (κ1) is 23.5. The molecule has 4 heterocycles. The van der Waals surface area contributed by atoms with E-state index in [-0.39, 0.29) is 22.7 Å². The van der Waals surface area contributed by atoms with Gasteiger partial charge in [0.15, 0.2) is 0 Å². The van der Waals surface area contributed by atoms with Crippen molar-refractivity contribution < 1.29 is 13.3 Å². The van der Waals surface area contributed by atoms with Gasteiger partial charge in [0.25, 0.3) is 5.92 Å². The van der Waals surface area contributed by atoms with Crippen molar-refractivity contribution in [3.05, 3.63) is 58.4 Å². The lowest BCUT2D eigenvalue weighted by atomic mass is 9.83. The van der Waals surface area contributed by atoms with Gasteiger partial charge >= 0.3 is 0 Å². The Kier molecular flexibility index (Phi) is 5.70. The van der Waals surface area contributed by atoms with Crippen molar-refractivity contribution >= 4 is 11.5 Å². The van der Waals surface area contributed by atoms with Crippen LogP contribution in [0.5, 0.6) is 0 Å². The van der Waals surface area contributed by atoms with Crippen LogP contribution in [0.3, 0.4) is 0 Å². The Balaban J connectivity index is 1.50. The first-order chi connectivity index (χ1) is 16.5. The summed E-state index contributed by atoms with van der Waals surface area (Å²) in [6.45, 7) is 10.7. The Bertz CT molecular complexity index is 1290. The molecule has 7 nitrogen and oxygen atoms in total. The molecule has 2 aliphatic rings. The third-order valence-electron chi connectivity index (χ3n) is 6.70. The van der Waals surface area contributed by atoms with Crippen LogP contribution in [0.15, 0.2) is 28.9 Å². The molecule has 9 heteroatoms. The van der Waals surface area contributed by atoms with E-state index in [9.17, 15) is 8.78 Å². The minimum Gasteiger partial charge on any atom is -0.361 e. The summed E-state index contributed by atoms with van der Waals surface area (Å²) in [6, 6.07) is 3.91. The highest BCUT2D eigenvalue weighted by Gasteiger charge is 2.34. The van der Waals surface area contributed by atoms with Gasteiger partial charge in [-0.1, -0.05) is 31.1 Å².